The van der Waals surface area contributed by atoms with Gasteiger partial charge in [-0.15, -0.1) is 0 Å². The molecule has 0 bridgehead atoms. The zero-order valence-electron chi connectivity index (χ0n) is 43.4. The van der Waals surface area contributed by atoms with Gasteiger partial charge in [0.05, 0.1) is 34.1 Å². The molecule has 0 aliphatic carbocycles. The maximum absolute atomic E-state index is 7.19. The summed E-state index contributed by atoms with van der Waals surface area (Å²) in [5.74, 6) is 0. The van der Waals surface area contributed by atoms with Crippen LogP contribution in [0.1, 0.15) is 50.7 Å². The Bertz CT molecular complexity index is 4730. The summed E-state index contributed by atoms with van der Waals surface area (Å²) in [6.07, 6.45) is 6.33. The number of para-hydroxylation sites is 8. The highest BCUT2D eigenvalue weighted by molar-refractivity contribution is 6.29. The summed E-state index contributed by atoms with van der Waals surface area (Å²) in [4.78, 5) is 4.78. The van der Waals surface area contributed by atoms with E-state index < -0.39 is 0 Å². The SMILES string of the molecule is CCCCc1cccc2c1oc1c(N(c3ccc4ccc5c(N(c6cccc7c6oc6ccccc67)c6cccc7c6oc6c(CCCC)cccc67)ccc6ccc3c4c65)c3cccc4c3oc3ccccc34)cccc12. The van der Waals surface area contributed by atoms with Crippen LogP contribution in [0.5, 0.6) is 0 Å². The van der Waals surface area contributed by atoms with Crippen molar-refractivity contribution in [2.75, 3.05) is 9.80 Å². The van der Waals surface area contributed by atoms with E-state index in [2.05, 4.69) is 218 Å². The number of hydrogen-bond donors (Lipinski definition) is 0. The number of rotatable bonds is 12. The lowest BCUT2D eigenvalue weighted by molar-refractivity contribution is 0.657. The predicted octanol–water partition coefficient (Wildman–Crippen LogP) is 21.8. The maximum atomic E-state index is 7.19. The molecular formula is C72H52N2O4. The molecule has 4 heterocycles. The van der Waals surface area contributed by atoms with Gasteiger partial charge in [-0.1, -0.05) is 184 Å². The normalized spacial score (nSPS) is 12.3. The van der Waals surface area contributed by atoms with Crippen LogP contribution in [0.4, 0.5) is 34.1 Å². The van der Waals surface area contributed by atoms with E-state index in [0.717, 1.165) is 182 Å². The van der Waals surface area contributed by atoms with Crippen molar-refractivity contribution in [1.29, 1.82) is 0 Å². The van der Waals surface area contributed by atoms with E-state index >= 15 is 0 Å². The Morgan fingerprint density at radius 3 is 1.01 bits per heavy atom. The fourth-order valence-electron chi connectivity index (χ4n) is 13.0. The van der Waals surface area contributed by atoms with Crippen LogP contribution in [0, 0.1) is 0 Å². The van der Waals surface area contributed by atoms with Crippen molar-refractivity contribution >= 4 is 154 Å². The third-order valence-electron chi connectivity index (χ3n) is 16.6. The quantitative estimate of drug-likeness (QED) is 0.114. The first-order valence-electron chi connectivity index (χ1n) is 27.6. The molecule has 6 heteroatoms. The lowest BCUT2D eigenvalue weighted by atomic mass is 9.91. The molecule has 0 aliphatic rings. The average molecular weight is 1010 g/mol. The fourth-order valence-corrected chi connectivity index (χ4v) is 13.0. The Kier molecular flexibility index (Phi) is 10.0. The van der Waals surface area contributed by atoms with Gasteiger partial charge in [0.25, 0.3) is 0 Å². The molecule has 0 aliphatic heterocycles. The highest BCUT2D eigenvalue weighted by Gasteiger charge is 2.29. The zero-order valence-corrected chi connectivity index (χ0v) is 43.4. The summed E-state index contributed by atoms with van der Waals surface area (Å²) >= 11 is 0. The van der Waals surface area contributed by atoms with Gasteiger partial charge in [0.15, 0.2) is 22.3 Å². The molecule has 0 fully saturated rings. The monoisotopic (exact) mass is 1010 g/mol. The first-order valence-corrected chi connectivity index (χ1v) is 27.6. The van der Waals surface area contributed by atoms with Crippen molar-refractivity contribution in [3.8, 4) is 0 Å². The van der Waals surface area contributed by atoms with Crippen molar-refractivity contribution in [2.45, 2.75) is 52.4 Å². The molecule has 0 radical (unpaired) electrons. The van der Waals surface area contributed by atoms with Crippen LogP contribution in [0.25, 0.3) is 120 Å². The largest absolute Gasteiger partial charge is 0.454 e. The number of aryl methyl sites for hydroxylation is 2. The smallest absolute Gasteiger partial charge is 0.159 e. The predicted molar refractivity (Wildman–Crippen MR) is 326 cm³/mol. The van der Waals surface area contributed by atoms with Gasteiger partial charge in [0, 0.05) is 53.9 Å². The Morgan fingerprint density at radius 1 is 0.269 bits per heavy atom. The van der Waals surface area contributed by atoms with Crippen LogP contribution in [0.15, 0.2) is 224 Å². The maximum Gasteiger partial charge on any atom is 0.159 e. The second-order valence-corrected chi connectivity index (χ2v) is 21.1. The molecule has 0 spiro atoms. The molecular weight excluding hydrogens is 957 g/mol. The number of fused-ring (bicyclic) bond motifs is 12. The molecule has 0 N–H and O–H groups in total. The third-order valence-corrected chi connectivity index (χ3v) is 16.6. The second kappa shape index (κ2) is 17.5. The lowest BCUT2D eigenvalue weighted by Gasteiger charge is -2.29. The fraction of sp³-hybridized carbons (Fsp3) is 0.111. The molecule has 0 atom stereocenters. The van der Waals surface area contributed by atoms with Crippen molar-refractivity contribution < 1.29 is 17.7 Å². The minimum Gasteiger partial charge on any atom is -0.454 e. The summed E-state index contributed by atoms with van der Waals surface area (Å²) in [5, 5.41) is 15.6. The molecule has 12 aromatic carbocycles. The van der Waals surface area contributed by atoms with Crippen LogP contribution < -0.4 is 9.80 Å². The highest BCUT2D eigenvalue weighted by atomic mass is 16.3. The molecule has 16 aromatic rings. The van der Waals surface area contributed by atoms with E-state index in [0.29, 0.717) is 0 Å². The van der Waals surface area contributed by atoms with E-state index in [1.54, 1.807) is 0 Å². The summed E-state index contributed by atoms with van der Waals surface area (Å²) < 4.78 is 28.2. The van der Waals surface area contributed by atoms with Crippen LogP contribution in [-0.4, -0.2) is 0 Å². The lowest BCUT2D eigenvalue weighted by Crippen LogP contribution is -2.12. The van der Waals surface area contributed by atoms with Crippen molar-refractivity contribution in [3.05, 3.63) is 217 Å². The van der Waals surface area contributed by atoms with Crippen LogP contribution in [-0.2, 0) is 12.8 Å². The molecule has 0 saturated heterocycles. The Morgan fingerprint density at radius 2 is 0.603 bits per heavy atom. The molecule has 4 aromatic heterocycles. The van der Waals surface area contributed by atoms with Gasteiger partial charge < -0.3 is 27.5 Å². The minimum absolute atomic E-state index is 0.816. The minimum atomic E-state index is 0.816. The second-order valence-electron chi connectivity index (χ2n) is 21.1. The van der Waals surface area contributed by atoms with E-state index in [4.69, 9.17) is 17.7 Å². The average Bonchev–Trinajstić information content (AvgIpc) is 4.35. The van der Waals surface area contributed by atoms with Gasteiger partial charge >= 0.3 is 0 Å². The number of benzene rings is 12. The summed E-state index contributed by atoms with van der Waals surface area (Å²) in [5.41, 5.74) is 15.2. The van der Waals surface area contributed by atoms with Crippen LogP contribution >= 0.6 is 0 Å². The van der Waals surface area contributed by atoms with E-state index in [-0.39, 0.29) is 0 Å². The standard InChI is InChI=1S/C72H52N2O4/c1-3-5-17-45-19-11-23-51-53-27-15-31-61(71(53)77-67(45)51)73(59-29-13-25-49-47-21-7-9-33-63(47)75-69(49)59)57-41-37-43-36-40-56-58(42-38-44-35-39-55(57)65(43)66(44)56)74(60-30-14-26-50-48-22-8-10-34-64(48)76-70(50)60)62-32-16-28-54-52-24-12-20-46(18-6-4-2)68(52)78-72(54)62/h7-16,19-42H,3-6,17-18H2,1-2H3. The van der Waals surface area contributed by atoms with Gasteiger partial charge in [-0.3, -0.25) is 0 Å². The Hall–Kier alpha value is -9.52. The van der Waals surface area contributed by atoms with Crippen LogP contribution in [0.2, 0.25) is 0 Å². The number of anilines is 6. The van der Waals surface area contributed by atoms with Crippen molar-refractivity contribution in [1.82, 2.24) is 0 Å². The molecule has 16 rings (SSSR count). The third kappa shape index (κ3) is 6.56. The summed E-state index contributed by atoms with van der Waals surface area (Å²) in [6, 6.07) is 74.4. The zero-order chi connectivity index (χ0) is 51.6. The van der Waals surface area contributed by atoms with E-state index in [1.807, 2.05) is 12.1 Å². The van der Waals surface area contributed by atoms with Crippen molar-refractivity contribution in [3.63, 3.8) is 0 Å². The van der Waals surface area contributed by atoms with Gasteiger partial charge in [0.2, 0.25) is 0 Å². The molecule has 374 valence electrons. The van der Waals surface area contributed by atoms with Gasteiger partial charge in [-0.05, 0) is 107 Å². The molecule has 78 heavy (non-hydrogen) atoms. The van der Waals surface area contributed by atoms with E-state index in [9.17, 15) is 0 Å². The highest BCUT2D eigenvalue weighted by Crippen LogP contribution is 2.53. The number of unbranched alkanes of at least 4 members (excludes halogenated alkanes) is 2. The number of hydrogen-bond acceptors (Lipinski definition) is 6. The molecule has 0 amide bonds. The Balaban J connectivity index is 0.977. The molecule has 0 unspecified atom stereocenters. The topological polar surface area (TPSA) is 59.0 Å². The van der Waals surface area contributed by atoms with E-state index in [1.165, 1.54) is 21.9 Å². The van der Waals surface area contributed by atoms with Gasteiger partial charge in [0.1, 0.15) is 22.3 Å². The Labute approximate surface area is 449 Å². The van der Waals surface area contributed by atoms with Crippen molar-refractivity contribution in [2.24, 2.45) is 0 Å². The first-order chi connectivity index (χ1) is 38.6. The van der Waals surface area contributed by atoms with Gasteiger partial charge in [-0.25, -0.2) is 0 Å². The molecule has 0 saturated carbocycles. The van der Waals surface area contributed by atoms with Crippen LogP contribution in [0.3, 0.4) is 0 Å². The number of nitrogens with zero attached hydrogens (tertiary/aromatic N) is 2. The number of furan rings is 4. The summed E-state index contributed by atoms with van der Waals surface area (Å²) in [6.45, 7) is 4.49. The molecule has 6 nitrogen and oxygen atoms in total. The first kappa shape index (κ1) is 44.7. The summed E-state index contributed by atoms with van der Waals surface area (Å²) in [7, 11) is 0. The van der Waals surface area contributed by atoms with Gasteiger partial charge in [-0.2, -0.15) is 0 Å².